The zero-order valence-corrected chi connectivity index (χ0v) is 16.7. The van der Waals surface area contributed by atoms with Gasteiger partial charge in [-0.15, -0.1) is 0 Å². The van der Waals surface area contributed by atoms with E-state index >= 15 is 0 Å². The lowest BCUT2D eigenvalue weighted by atomic mass is 10.2. The fourth-order valence-electron chi connectivity index (χ4n) is 2.60. The van der Waals surface area contributed by atoms with Crippen LogP contribution in [0.1, 0.15) is 26.5 Å². The number of fused-ring (bicyclic) bond motifs is 1. The summed E-state index contributed by atoms with van der Waals surface area (Å²) in [6, 6.07) is 13.5. The van der Waals surface area contributed by atoms with Gasteiger partial charge in [0.2, 0.25) is 0 Å². The Labute approximate surface area is 164 Å². The van der Waals surface area contributed by atoms with Gasteiger partial charge >= 0.3 is 0 Å². The van der Waals surface area contributed by atoms with Crippen LogP contribution in [-0.4, -0.2) is 27.3 Å². The van der Waals surface area contributed by atoms with Gasteiger partial charge in [-0.3, -0.25) is 0 Å². The van der Waals surface area contributed by atoms with E-state index in [0.29, 0.717) is 41.8 Å². The first-order valence-corrected chi connectivity index (χ1v) is 10.4. The van der Waals surface area contributed by atoms with Gasteiger partial charge in [-0.25, -0.2) is 0 Å². The van der Waals surface area contributed by atoms with E-state index in [1.54, 1.807) is 25.1 Å². The minimum atomic E-state index is -3.80. The SMILES string of the molecule is CCOc1ccc(S(=O)(=O)N/N=C(/C)c2cc3cccc(OCC)c3o2)cc1. The van der Waals surface area contributed by atoms with Crippen molar-refractivity contribution in [3.63, 3.8) is 0 Å². The fourth-order valence-corrected chi connectivity index (χ4v) is 3.46. The Kier molecular flexibility index (Phi) is 5.89. The van der Waals surface area contributed by atoms with Gasteiger partial charge < -0.3 is 13.9 Å². The van der Waals surface area contributed by atoms with Crippen molar-refractivity contribution in [1.82, 2.24) is 4.83 Å². The van der Waals surface area contributed by atoms with Crippen LogP contribution >= 0.6 is 0 Å². The first kappa shape index (κ1) is 19.8. The monoisotopic (exact) mass is 402 g/mol. The molecule has 0 saturated carbocycles. The van der Waals surface area contributed by atoms with Crippen LogP contribution in [0.25, 0.3) is 11.0 Å². The summed E-state index contributed by atoms with van der Waals surface area (Å²) in [6.45, 7) is 6.45. The van der Waals surface area contributed by atoms with E-state index in [2.05, 4.69) is 9.93 Å². The van der Waals surface area contributed by atoms with Crippen molar-refractivity contribution in [1.29, 1.82) is 0 Å². The largest absolute Gasteiger partial charge is 0.494 e. The molecule has 1 N–H and O–H groups in total. The van der Waals surface area contributed by atoms with Crippen LogP contribution < -0.4 is 14.3 Å². The summed E-state index contributed by atoms with van der Waals surface area (Å²) >= 11 is 0. The molecule has 8 heteroatoms. The maximum absolute atomic E-state index is 12.4. The molecule has 0 unspecified atom stereocenters. The van der Waals surface area contributed by atoms with Gasteiger partial charge in [0, 0.05) is 5.39 Å². The highest BCUT2D eigenvalue weighted by Crippen LogP contribution is 2.29. The lowest BCUT2D eigenvalue weighted by molar-refractivity contribution is 0.338. The predicted octanol–water partition coefficient (Wildman–Crippen LogP) is 3.93. The number of benzene rings is 2. The molecule has 0 aliphatic carbocycles. The smallest absolute Gasteiger partial charge is 0.276 e. The van der Waals surface area contributed by atoms with Crippen LogP contribution in [-0.2, 0) is 10.0 Å². The van der Waals surface area contributed by atoms with Crippen molar-refractivity contribution in [3.8, 4) is 11.5 Å². The van der Waals surface area contributed by atoms with Gasteiger partial charge in [0.25, 0.3) is 10.0 Å². The van der Waals surface area contributed by atoms with Crippen LogP contribution in [0.3, 0.4) is 0 Å². The maximum Gasteiger partial charge on any atom is 0.276 e. The molecule has 0 aliphatic heterocycles. The lowest BCUT2D eigenvalue weighted by Gasteiger charge is -2.06. The van der Waals surface area contributed by atoms with Gasteiger partial charge in [-0.05, 0) is 57.2 Å². The second kappa shape index (κ2) is 8.35. The molecule has 0 fully saturated rings. The second-order valence-electron chi connectivity index (χ2n) is 5.91. The molecular weight excluding hydrogens is 380 g/mol. The van der Waals surface area contributed by atoms with Crippen LogP contribution in [0, 0.1) is 0 Å². The number of nitrogens with zero attached hydrogens (tertiary/aromatic N) is 1. The molecule has 7 nitrogen and oxygen atoms in total. The molecule has 3 aromatic rings. The van der Waals surface area contributed by atoms with E-state index in [0.717, 1.165) is 5.39 Å². The maximum atomic E-state index is 12.4. The number of hydrogen-bond acceptors (Lipinski definition) is 6. The van der Waals surface area contributed by atoms with E-state index in [-0.39, 0.29) is 4.90 Å². The number of ether oxygens (including phenoxy) is 2. The number of nitrogens with one attached hydrogen (secondary N) is 1. The van der Waals surface area contributed by atoms with Crippen LogP contribution in [0.2, 0.25) is 0 Å². The highest BCUT2D eigenvalue weighted by molar-refractivity contribution is 7.89. The third-order valence-electron chi connectivity index (χ3n) is 3.94. The van der Waals surface area contributed by atoms with Gasteiger partial charge in [0.15, 0.2) is 17.1 Å². The topological polar surface area (TPSA) is 90.1 Å². The molecule has 28 heavy (non-hydrogen) atoms. The molecule has 0 atom stereocenters. The van der Waals surface area contributed by atoms with Crippen molar-refractivity contribution >= 4 is 26.7 Å². The third kappa shape index (κ3) is 4.28. The molecule has 3 rings (SSSR count). The summed E-state index contributed by atoms with van der Waals surface area (Å²) < 4.78 is 41.6. The van der Waals surface area contributed by atoms with Crippen molar-refractivity contribution in [3.05, 3.63) is 54.3 Å². The summed E-state index contributed by atoms with van der Waals surface area (Å²) in [5, 5.41) is 4.84. The first-order chi connectivity index (χ1) is 13.4. The zero-order valence-electron chi connectivity index (χ0n) is 15.9. The Morgan fingerprint density at radius 1 is 1.07 bits per heavy atom. The Morgan fingerprint density at radius 3 is 2.46 bits per heavy atom. The van der Waals surface area contributed by atoms with E-state index in [4.69, 9.17) is 13.9 Å². The normalized spacial score (nSPS) is 12.2. The van der Waals surface area contributed by atoms with E-state index < -0.39 is 10.0 Å². The molecule has 1 heterocycles. The molecule has 2 aromatic carbocycles. The number of rotatable bonds is 8. The van der Waals surface area contributed by atoms with Crippen LogP contribution in [0.4, 0.5) is 0 Å². The number of sulfonamides is 1. The summed E-state index contributed by atoms with van der Waals surface area (Å²) in [4.78, 5) is 2.33. The second-order valence-corrected chi connectivity index (χ2v) is 7.58. The molecule has 1 aromatic heterocycles. The summed E-state index contributed by atoms with van der Waals surface area (Å²) in [5.41, 5.74) is 0.997. The average molecular weight is 402 g/mol. The van der Waals surface area contributed by atoms with Crippen LogP contribution in [0.15, 0.2) is 62.9 Å². The van der Waals surface area contributed by atoms with Crippen molar-refractivity contribution in [2.45, 2.75) is 25.7 Å². The molecule has 0 saturated heterocycles. The minimum absolute atomic E-state index is 0.0933. The number of hydrazone groups is 1. The molecular formula is C20H22N2O5S. The Balaban J connectivity index is 1.81. The van der Waals surface area contributed by atoms with Crippen molar-refractivity contribution in [2.24, 2.45) is 5.10 Å². The molecule has 148 valence electrons. The fraction of sp³-hybridized carbons (Fsp3) is 0.250. The van der Waals surface area contributed by atoms with Gasteiger partial charge in [-0.2, -0.15) is 18.4 Å². The number of para-hydroxylation sites is 1. The van der Waals surface area contributed by atoms with E-state index in [1.807, 2.05) is 32.0 Å². The summed E-state index contributed by atoms with van der Waals surface area (Å²) in [7, 11) is -3.80. The molecule has 0 spiro atoms. The van der Waals surface area contributed by atoms with Crippen molar-refractivity contribution < 1.29 is 22.3 Å². The Morgan fingerprint density at radius 2 is 1.79 bits per heavy atom. The summed E-state index contributed by atoms with van der Waals surface area (Å²) in [6.07, 6.45) is 0. The molecule has 0 amide bonds. The predicted molar refractivity (Wildman–Crippen MR) is 108 cm³/mol. The minimum Gasteiger partial charge on any atom is -0.494 e. The Hall–Kier alpha value is -3.00. The number of hydrogen-bond donors (Lipinski definition) is 1. The highest BCUT2D eigenvalue weighted by atomic mass is 32.2. The first-order valence-electron chi connectivity index (χ1n) is 8.89. The average Bonchev–Trinajstić information content (AvgIpc) is 3.13. The van der Waals surface area contributed by atoms with Crippen LogP contribution in [0.5, 0.6) is 11.5 Å². The van der Waals surface area contributed by atoms with Gasteiger partial charge in [-0.1, -0.05) is 12.1 Å². The zero-order chi connectivity index (χ0) is 20.1. The molecule has 0 aliphatic rings. The standard InChI is InChI=1S/C20H22N2O5S/c1-4-25-16-9-11-17(12-10-16)28(23,24)22-21-14(3)19-13-15-7-6-8-18(26-5-2)20(15)27-19/h6-13,22H,4-5H2,1-3H3/b21-14-. The highest BCUT2D eigenvalue weighted by Gasteiger charge is 2.15. The third-order valence-corrected chi connectivity index (χ3v) is 5.17. The van der Waals surface area contributed by atoms with Gasteiger partial charge in [0.1, 0.15) is 11.5 Å². The Bertz CT molecular complexity index is 1090. The van der Waals surface area contributed by atoms with E-state index in [9.17, 15) is 8.42 Å². The molecule has 0 bridgehead atoms. The van der Waals surface area contributed by atoms with Gasteiger partial charge in [0.05, 0.1) is 18.1 Å². The van der Waals surface area contributed by atoms with E-state index in [1.165, 1.54) is 12.1 Å². The number of furan rings is 1. The lowest BCUT2D eigenvalue weighted by Crippen LogP contribution is -2.19. The summed E-state index contributed by atoms with van der Waals surface area (Å²) in [5.74, 6) is 1.69. The quantitative estimate of drug-likeness (QED) is 0.455. The molecule has 0 radical (unpaired) electrons. The van der Waals surface area contributed by atoms with Crippen molar-refractivity contribution in [2.75, 3.05) is 13.2 Å².